The predicted octanol–water partition coefficient (Wildman–Crippen LogP) is 5.11. The molecule has 9 nitrogen and oxygen atoms in total. The maximum Gasteiger partial charge on any atom is 0.387 e. The second-order valence-electron chi connectivity index (χ2n) is 10.8. The SMILES string of the molecule is COC(=O)c1ccc(N2C3C[C@@H](OCc4c(-c5ccccc5OC(F)F)noc4C4CC4)C[C@@H]4CCC342)nn1. The lowest BCUT2D eigenvalue weighted by atomic mass is 9.64. The number of rotatable bonds is 9. The molecule has 204 valence electrons. The first-order valence-corrected chi connectivity index (χ1v) is 13.3. The number of halogens is 2. The number of carbonyl (C=O) groups excluding carboxylic acids is 1. The molecule has 1 aliphatic heterocycles. The van der Waals surface area contributed by atoms with E-state index in [4.69, 9.17) is 18.7 Å². The molecule has 2 unspecified atom stereocenters. The quantitative estimate of drug-likeness (QED) is 0.272. The van der Waals surface area contributed by atoms with Gasteiger partial charge in [0.25, 0.3) is 0 Å². The third kappa shape index (κ3) is 4.05. The van der Waals surface area contributed by atoms with Crippen LogP contribution in [0.4, 0.5) is 14.6 Å². The van der Waals surface area contributed by atoms with E-state index in [1.807, 2.05) is 6.07 Å². The summed E-state index contributed by atoms with van der Waals surface area (Å²) in [6, 6.07) is 10.4. The van der Waals surface area contributed by atoms with Crippen molar-refractivity contribution in [1.29, 1.82) is 0 Å². The topological polar surface area (TPSA) is 99.6 Å². The van der Waals surface area contributed by atoms with E-state index < -0.39 is 12.6 Å². The summed E-state index contributed by atoms with van der Waals surface area (Å²) >= 11 is 0. The van der Waals surface area contributed by atoms with E-state index in [0.717, 1.165) is 55.7 Å². The Kier molecular flexibility index (Phi) is 5.80. The summed E-state index contributed by atoms with van der Waals surface area (Å²) in [6.07, 6.45) is 6.08. The fourth-order valence-corrected chi connectivity index (χ4v) is 6.68. The minimum absolute atomic E-state index is 0.0306. The highest BCUT2D eigenvalue weighted by molar-refractivity contribution is 5.87. The number of hydrogen-bond donors (Lipinski definition) is 0. The lowest BCUT2D eigenvalue weighted by Crippen LogP contribution is -2.46. The van der Waals surface area contributed by atoms with E-state index in [2.05, 4.69) is 20.3 Å². The van der Waals surface area contributed by atoms with Crippen LogP contribution in [-0.2, 0) is 16.1 Å². The predicted molar refractivity (Wildman–Crippen MR) is 133 cm³/mol. The number of hydrogen-bond acceptors (Lipinski definition) is 9. The van der Waals surface area contributed by atoms with Crippen LogP contribution in [0.1, 0.15) is 66.3 Å². The fourth-order valence-electron chi connectivity index (χ4n) is 6.68. The molecular weight excluding hydrogens is 510 g/mol. The molecule has 7 rings (SSSR count). The molecule has 3 saturated carbocycles. The number of benzene rings is 1. The molecule has 4 aliphatic rings. The Morgan fingerprint density at radius 2 is 2.00 bits per heavy atom. The Hall–Kier alpha value is -3.60. The van der Waals surface area contributed by atoms with Crippen LogP contribution in [0.5, 0.6) is 5.75 Å². The first-order valence-electron chi connectivity index (χ1n) is 13.3. The number of ether oxygens (including phenoxy) is 3. The third-order valence-electron chi connectivity index (χ3n) is 8.78. The molecule has 0 amide bonds. The summed E-state index contributed by atoms with van der Waals surface area (Å²) in [7, 11) is 1.32. The largest absolute Gasteiger partial charge is 0.464 e. The van der Waals surface area contributed by atoms with E-state index in [0.29, 0.717) is 29.8 Å². The van der Waals surface area contributed by atoms with Crippen LogP contribution >= 0.6 is 0 Å². The van der Waals surface area contributed by atoms with Gasteiger partial charge < -0.3 is 23.6 Å². The van der Waals surface area contributed by atoms with Gasteiger partial charge in [-0.1, -0.05) is 17.3 Å². The number of esters is 1. The molecule has 1 aromatic carbocycles. The summed E-state index contributed by atoms with van der Waals surface area (Å²) in [5, 5.41) is 12.7. The Bertz CT molecular complexity index is 1390. The van der Waals surface area contributed by atoms with Gasteiger partial charge in [0.1, 0.15) is 17.2 Å². The van der Waals surface area contributed by atoms with Crippen LogP contribution in [0.15, 0.2) is 40.9 Å². The molecule has 3 aliphatic carbocycles. The van der Waals surface area contributed by atoms with Gasteiger partial charge in [0.15, 0.2) is 11.5 Å². The van der Waals surface area contributed by atoms with E-state index in [1.54, 1.807) is 24.3 Å². The van der Waals surface area contributed by atoms with Crippen LogP contribution in [0, 0.1) is 5.92 Å². The highest BCUT2D eigenvalue weighted by Gasteiger charge is 2.73. The molecule has 4 atom stereocenters. The minimum Gasteiger partial charge on any atom is -0.464 e. The molecule has 3 aromatic rings. The Morgan fingerprint density at radius 3 is 2.69 bits per heavy atom. The van der Waals surface area contributed by atoms with Crippen molar-refractivity contribution in [2.24, 2.45) is 5.92 Å². The summed E-state index contributed by atoms with van der Waals surface area (Å²) in [4.78, 5) is 14.1. The van der Waals surface area contributed by atoms with Crippen molar-refractivity contribution in [1.82, 2.24) is 15.4 Å². The van der Waals surface area contributed by atoms with Gasteiger partial charge in [-0.05, 0) is 68.7 Å². The van der Waals surface area contributed by atoms with E-state index in [1.165, 1.54) is 13.2 Å². The molecule has 0 bridgehead atoms. The first kappa shape index (κ1) is 24.4. The second-order valence-corrected chi connectivity index (χ2v) is 10.8. The average molecular weight is 539 g/mol. The van der Waals surface area contributed by atoms with Gasteiger partial charge in [0.2, 0.25) is 0 Å². The maximum atomic E-state index is 13.1. The molecule has 0 N–H and O–H groups in total. The van der Waals surface area contributed by atoms with E-state index >= 15 is 0 Å². The summed E-state index contributed by atoms with van der Waals surface area (Å²) in [6.45, 7) is -2.65. The van der Waals surface area contributed by atoms with Gasteiger partial charge in [0.05, 0.1) is 31.4 Å². The van der Waals surface area contributed by atoms with Gasteiger partial charge in [-0.2, -0.15) is 8.78 Å². The zero-order valence-corrected chi connectivity index (χ0v) is 21.4. The lowest BCUT2D eigenvalue weighted by molar-refractivity contribution is -0.0494. The molecule has 1 saturated heterocycles. The van der Waals surface area contributed by atoms with Crippen LogP contribution in [0.25, 0.3) is 11.3 Å². The van der Waals surface area contributed by atoms with Crippen molar-refractivity contribution in [2.75, 3.05) is 12.0 Å². The molecule has 4 fully saturated rings. The monoisotopic (exact) mass is 538 g/mol. The normalized spacial score (nSPS) is 27.0. The standard InChI is InChI=1S/C28H28F2N4O5/c1-36-26(35)20-8-9-23(32-31-20)34-22-13-17(12-16-10-11-28(16,22)34)37-14-19-24(33-39-25(19)15-6-7-15)18-4-2-3-5-21(18)38-27(29)30/h2-5,8-9,15-17,22,27H,6-7,10-14H2,1H3/t16-,17-,22?,28?,34?/m0/s1. The molecule has 3 heterocycles. The number of nitrogens with zero attached hydrogens (tertiary/aromatic N) is 4. The highest BCUT2D eigenvalue weighted by atomic mass is 19.3. The smallest absolute Gasteiger partial charge is 0.387 e. The Balaban J connectivity index is 1.09. The number of aromatic nitrogens is 3. The minimum atomic E-state index is -2.94. The van der Waals surface area contributed by atoms with Crippen molar-refractivity contribution in [3.05, 3.63) is 53.4 Å². The van der Waals surface area contributed by atoms with Crippen molar-refractivity contribution in [2.45, 2.75) is 75.3 Å². The summed E-state index contributed by atoms with van der Waals surface area (Å²) < 4.78 is 47.9. The van der Waals surface area contributed by atoms with Crippen LogP contribution < -0.4 is 9.64 Å². The van der Waals surface area contributed by atoms with Crippen molar-refractivity contribution in [3.63, 3.8) is 0 Å². The zero-order valence-electron chi connectivity index (χ0n) is 21.4. The van der Waals surface area contributed by atoms with Gasteiger partial charge in [0, 0.05) is 17.0 Å². The zero-order chi connectivity index (χ0) is 26.7. The Labute approximate surface area is 223 Å². The van der Waals surface area contributed by atoms with Crippen molar-refractivity contribution in [3.8, 4) is 17.0 Å². The Morgan fingerprint density at radius 1 is 1.15 bits per heavy atom. The van der Waals surface area contributed by atoms with Gasteiger partial charge >= 0.3 is 12.6 Å². The van der Waals surface area contributed by atoms with Crippen LogP contribution in [0.2, 0.25) is 0 Å². The molecule has 2 aromatic heterocycles. The number of carbonyl (C=O) groups is 1. The van der Waals surface area contributed by atoms with Crippen LogP contribution in [0.3, 0.4) is 0 Å². The molecular formula is C28H28F2N4O5. The first-order chi connectivity index (χ1) is 19.0. The summed E-state index contributed by atoms with van der Waals surface area (Å²) in [5.74, 6) is 1.88. The van der Waals surface area contributed by atoms with Gasteiger partial charge in [-0.15, -0.1) is 10.2 Å². The molecule has 11 heteroatoms. The van der Waals surface area contributed by atoms with Crippen LogP contribution in [-0.4, -0.2) is 52.7 Å². The number of para-hydroxylation sites is 1. The van der Waals surface area contributed by atoms with Gasteiger partial charge in [-0.25, -0.2) is 4.79 Å². The van der Waals surface area contributed by atoms with Crippen molar-refractivity contribution < 1.29 is 32.3 Å². The van der Waals surface area contributed by atoms with Gasteiger partial charge in [-0.3, -0.25) is 0 Å². The van der Waals surface area contributed by atoms with Crippen molar-refractivity contribution >= 4 is 11.8 Å². The maximum absolute atomic E-state index is 13.1. The number of anilines is 1. The summed E-state index contributed by atoms with van der Waals surface area (Å²) in [5.41, 5.74) is 2.07. The highest BCUT2D eigenvalue weighted by Crippen LogP contribution is 2.65. The third-order valence-corrected chi connectivity index (χ3v) is 8.78. The lowest BCUT2D eigenvalue weighted by Gasteiger charge is -2.42. The molecule has 39 heavy (non-hydrogen) atoms. The average Bonchev–Trinajstić information content (AvgIpc) is 3.85. The molecule has 1 spiro atoms. The number of alkyl halides is 2. The number of methoxy groups -OCH3 is 1. The fraction of sp³-hybridized carbons (Fsp3) is 0.500. The van der Waals surface area contributed by atoms with E-state index in [9.17, 15) is 13.6 Å². The second kappa shape index (κ2) is 9.25. The van der Waals surface area contributed by atoms with E-state index in [-0.39, 0.29) is 29.0 Å². The molecule has 0 radical (unpaired) electrons.